The van der Waals surface area contributed by atoms with Crippen molar-refractivity contribution in [1.29, 1.82) is 0 Å². The summed E-state index contributed by atoms with van der Waals surface area (Å²) in [5.74, 6) is -0.651. The minimum atomic E-state index is -0.462. The number of allylic oxidation sites excluding steroid dienone is 8. The summed E-state index contributed by atoms with van der Waals surface area (Å²) in [7, 11) is 0. The Balaban J connectivity index is 2.54. The Morgan fingerprint density at radius 3 is 1.78 bits per heavy atom. The lowest BCUT2D eigenvalue weighted by atomic mass is 10.0. The number of aromatic hydroxyl groups is 2. The Hall–Kier alpha value is -2.75. The maximum atomic E-state index is 11.3. The highest BCUT2D eigenvalue weighted by Gasteiger charge is 2.14. The number of ether oxygens (including phenoxy) is 1. The molecular weight excluding hydrogens is 400 g/mol. The standard InChI is InChI=1S/C28H40O4/c1-20(2)10-7-11-21(3)12-8-13-22(4)14-9-15-23(5)16-17-25-27(32-24(6)29)19-18-26(30)28(25)31/h10,12,14,16,18-19,30-31H,7-9,11,13,15,17H2,1-6H3/b21-12+,22-14+,23-16+. The third-order valence-corrected chi connectivity index (χ3v) is 5.28. The van der Waals surface area contributed by atoms with Gasteiger partial charge >= 0.3 is 5.97 Å². The molecule has 0 unspecified atom stereocenters. The lowest BCUT2D eigenvalue weighted by molar-refractivity contribution is -0.131. The van der Waals surface area contributed by atoms with Crippen molar-refractivity contribution >= 4 is 5.97 Å². The van der Waals surface area contributed by atoms with Crippen molar-refractivity contribution in [3.05, 3.63) is 64.3 Å². The van der Waals surface area contributed by atoms with E-state index in [1.807, 2.05) is 13.0 Å². The smallest absolute Gasteiger partial charge is 0.308 e. The quantitative estimate of drug-likeness (QED) is 0.151. The number of hydrogen-bond donors (Lipinski definition) is 2. The van der Waals surface area contributed by atoms with E-state index in [0.717, 1.165) is 38.5 Å². The Bertz CT molecular complexity index is 881. The summed E-state index contributed by atoms with van der Waals surface area (Å²) in [6.45, 7) is 12.0. The molecule has 0 aliphatic rings. The van der Waals surface area contributed by atoms with Gasteiger partial charge in [0.25, 0.3) is 0 Å². The van der Waals surface area contributed by atoms with Gasteiger partial charge in [0, 0.05) is 12.5 Å². The summed E-state index contributed by atoms with van der Waals surface area (Å²) in [6, 6.07) is 2.82. The van der Waals surface area contributed by atoms with E-state index in [1.165, 1.54) is 41.3 Å². The summed E-state index contributed by atoms with van der Waals surface area (Å²) < 4.78 is 5.16. The van der Waals surface area contributed by atoms with Crippen molar-refractivity contribution in [2.45, 2.75) is 86.5 Å². The van der Waals surface area contributed by atoms with Gasteiger partial charge < -0.3 is 14.9 Å². The predicted molar refractivity (Wildman–Crippen MR) is 133 cm³/mol. The van der Waals surface area contributed by atoms with Gasteiger partial charge in [-0.05, 0) is 91.7 Å². The summed E-state index contributed by atoms with van der Waals surface area (Å²) in [6.07, 6.45) is 15.6. The maximum Gasteiger partial charge on any atom is 0.308 e. The van der Waals surface area contributed by atoms with Crippen LogP contribution in [0.5, 0.6) is 17.2 Å². The van der Waals surface area contributed by atoms with Gasteiger partial charge in [0.1, 0.15) is 5.75 Å². The zero-order valence-electron chi connectivity index (χ0n) is 20.6. The van der Waals surface area contributed by atoms with Gasteiger partial charge in [-0.25, -0.2) is 0 Å². The van der Waals surface area contributed by atoms with Crippen molar-refractivity contribution in [2.24, 2.45) is 0 Å². The van der Waals surface area contributed by atoms with Crippen LogP contribution in [-0.4, -0.2) is 16.2 Å². The molecule has 0 radical (unpaired) electrons. The lowest BCUT2D eigenvalue weighted by Crippen LogP contribution is -2.04. The molecule has 32 heavy (non-hydrogen) atoms. The van der Waals surface area contributed by atoms with Gasteiger partial charge in [-0.3, -0.25) is 4.79 Å². The van der Waals surface area contributed by atoms with E-state index >= 15 is 0 Å². The number of hydrogen-bond acceptors (Lipinski definition) is 4. The molecule has 0 bridgehead atoms. The first-order valence-corrected chi connectivity index (χ1v) is 11.4. The van der Waals surface area contributed by atoms with Crippen LogP contribution >= 0.6 is 0 Å². The number of carbonyl (C=O) groups is 1. The monoisotopic (exact) mass is 440 g/mol. The number of phenols is 2. The summed E-state index contributed by atoms with van der Waals surface area (Å²) in [4.78, 5) is 11.3. The Kier molecular flexibility index (Phi) is 12.2. The first-order chi connectivity index (χ1) is 15.1. The lowest BCUT2D eigenvalue weighted by Gasteiger charge is -2.11. The molecule has 2 N–H and O–H groups in total. The normalized spacial score (nSPS) is 12.6. The first-order valence-electron chi connectivity index (χ1n) is 11.4. The molecular formula is C28H40O4. The molecule has 0 heterocycles. The first kappa shape index (κ1) is 27.3. The van der Waals surface area contributed by atoms with Crippen molar-refractivity contribution in [2.75, 3.05) is 0 Å². The molecule has 0 amide bonds. The fourth-order valence-electron chi connectivity index (χ4n) is 3.32. The largest absolute Gasteiger partial charge is 0.504 e. The summed E-state index contributed by atoms with van der Waals surface area (Å²) in [5.41, 5.74) is 5.83. The van der Waals surface area contributed by atoms with Gasteiger partial charge in [-0.1, -0.05) is 46.6 Å². The van der Waals surface area contributed by atoms with E-state index in [9.17, 15) is 15.0 Å². The molecule has 0 saturated heterocycles. The topological polar surface area (TPSA) is 66.8 Å². The highest BCUT2D eigenvalue weighted by atomic mass is 16.5. The van der Waals surface area contributed by atoms with E-state index in [4.69, 9.17) is 4.74 Å². The molecule has 4 heteroatoms. The summed E-state index contributed by atoms with van der Waals surface area (Å²) in [5, 5.41) is 19.9. The van der Waals surface area contributed by atoms with Gasteiger partial charge in [-0.15, -0.1) is 0 Å². The van der Waals surface area contributed by atoms with Crippen molar-refractivity contribution < 1.29 is 19.7 Å². The number of benzene rings is 1. The second-order valence-electron chi connectivity index (χ2n) is 8.76. The van der Waals surface area contributed by atoms with E-state index in [-0.39, 0.29) is 17.2 Å². The molecule has 0 fully saturated rings. The minimum Gasteiger partial charge on any atom is -0.504 e. The van der Waals surface area contributed by atoms with E-state index < -0.39 is 5.97 Å². The molecule has 0 atom stereocenters. The highest BCUT2D eigenvalue weighted by molar-refractivity contribution is 5.71. The molecule has 1 aromatic carbocycles. The third-order valence-electron chi connectivity index (χ3n) is 5.28. The molecule has 0 aliphatic heterocycles. The highest BCUT2D eigenvalue weighted by Crippen LogP contribution is 2.36. The van der Waals surface area contributed by atoms with Gasteiger partial charge in [0.2, 0.25) is 0 Å². The fourth-order valence-corrected chi connectivity index (χ4v) is 3.32. The van der Waals surface area contributed by atoms with Crippen molar-refractivity contribution in [3.8, 4) is 17.2 Å². The van der Waals surface area contributed by atoms with Crippen LogP contribution in [0.2, 0.25) is 0 Å². The van der Waals surface area contributed by atoms with Gasteiger partial charge in [-0.2, -0.15) is 0 Å². The molecule has 4 nitrogen and oxygen atoms in total. The minimum absolute atomic E-state index is 0.221. The number of rotatable bonds is 12. The van der Waals surface area contributed by atoms with Gasteiger partial charge in [0.15, 0.2) is 11.5 Å². The van der Waals surface area contributed by atoms with Crippen LogP contribution in [0.4, 0.5) is 0 Å². The molecule has 0 spiro atoms. The van der Waals surface area contributed by atoms with Crippen LogP contribution < -0.4 is 4.74 Å². The van der Waals surface area contributed by atoms with Crippen LogP contribution in [0, 0.1) is 0 Å². The zero-order valence-corrected chi connectivity index (χ0v) is 20.6. The SMILES string of the molecule is CC(=O)Oc1ccc(O)c(O)c1C/C=C(\C)CC/C=C(\C)CC/C=C(\C)CCC=C(C)C. The molecule has 0 aromatic heterocycles. The number of carbonyl (C=O) groups excluding carboxylic acids is 1. The summed E-state index contributed by atoms with van der Waals surface area (Å²) >= 11 is 0. The second kappa shape index (κ2) is 14.3. The number of esters is 1. The van der Waals surface area contributed by atoms with Crippen LogP contribution in [-0.2, 0) is 11.2 Å². The third kappa shape index (κ3) is 11.0. The predicted octanol–water partition coefficient (Wildman–Crippen LogP) is 7.71. The van der Waals surface area contributed by atoms with E-state index in [1.54, 1.807) is 0 Å². The molecule has 176 valence electrons. The maximum absolute atomic E-state index is 11.3. The van der Waals surface area contributed by atoms with E-state index in [2.05, 4.69) is 45.9 Å². The molecule has 1 rings (SSSR count). The number of phenolic OH excluding ortho intramolecular Hbond substituents is 2. The fraction of sp³-hybridized carbons (Fsp3) is 0.464. The van der Waals surface area contributed by atoms with Crippen LogP contribution in [0.3, 0.4) is 0 Å². The van der Waals surface area contributed by atoms with Crippen molar-refractivity contribution in [1.82, 2.24) is 0 Å². The van der Waals surface area contributed by atoms with Crippen LogP contribution in [0.1, 0.15) is 85.6 Å². The van der Waals surface area contributed by atoms with Crippen LogP contribution in [0.15, 0.2) is 58.7 Å². The average molecular weight is 441 g/mol. The average Bonchev–Trinajstić information content (AvgIpc) is 2.69. The molecule has 1 aromatic rings. The molecule has 0 aliphatic carbocycles. The van der Waals surface area contributed by atoms with Crippen LogP contribution in [0.25, 0.3) is 0 Å². The molecule has 0 saturated carbocycles. The van der Waals surface area contributed by atoms with Gasteiger partial charge in [0.05, 0.1) is 0 Å². The Labute approximate surface area is 194 Å². The Morgan fingerprint density at radius 2 is 1.28 bits per heavy atom. The zero-order chi connectivity index (χ0) is 24.1. The van der Waals surface area contributed by atoms with Crippen molar-refractivity contribution in [3.63, 3.8) is 0 Å². The second-order valence-corrected chi connectivity index (χ2v) is 8.76. The Morgan fingerprint density at radius 1 is 0.781 bits per heavy atom. The van der Waals surface area contributed by atoms with E-state index in [0.29, 0.717) is 12.0 Å².